The lowest BCUT2D eigenvalue weighted by Gasteiger charge is -2.08. The van der Waals surface area contributed by atoms with E-state index in [4.69, 9.17) is 4.74 Å². The van der Waals surface area contributed by atoms with Gasteiger partial charge in [0.15, 0.2) is 0 Å². The van der Waals surface area contributed by atoms with E-state index in [-0.39, 0.29) is 23.7 Å². The van der Waals surface area contributed by atoms with Gasteiger partial charge in [-0.15, -0.1) is 0 Å². The molecule has 0 saturated carbocycles. The highest BCUT2D eigenvalue weighted by Gasteiger charge is 2.30. The first-order valence-corrected chi connectivity index (χ1v) is 5.47. The normalized spacial score (nSPS) is 24.4. The monoisotopic (exact) mass is 219 g/mol. The third kappa shape index (κ3) is 2.54. The Balaban J connectivity index is 1.86. The molecule has 1 aromatic carbocycles. The first-order chi connectivity index (χ1) is 7.65. The van der Waals surface area contributed by atoms with Crippen LogP contribution in [0.3, 0.4) is 0 Å². The number of benzene rings is 1. The Morgan fingerprint density at radius 2 is 2.38 bits per heavy atom. The van der Waals surface area contributed by atoms with Crippen molar-refractivity contribution >= 4 is 5.97 Å². The van der Waals surface area contributed by atoms with Gasteiger partial charge in [0.2, 0.25) is 0 Å². The molecule has 0 spiro atoms. The molecule has 3 heteroatoms. The number of rotatable bonds is 3. The number of phenols is 1. The van der Waals surface area contributed by atoms with E-state index in [1.54, 1.807) is 12.1 Å². The molecular weight excluding hydrogens is 204 g/mol. The second-order valence-corrected chi connectivity index (χ2v) is 4.22. The Labute approximate surface area is 95.0 Å². The van der Waals surface area contributed by atoms with Gasteiger partial charge >= 0.3 is 5.97 Å². The van der Waals surface area contributed by atoms with Crippen molar-refractivity contribution in [2.45, 2.75) is 25.9 Å². The van der Waals surface area contributed by atoms with Crippen LogP contribution in [0.15, 0.2) is 24.3 Å². The number of cyclic esters (lactones) is 1. The number of ether oxygens (including phenoxy) is 1. The third-order valence-corrected chi connectivity index (χ3v) is 2.78. The lowest BCUT2D eigenvalue weighted by Crippen LogP contribution is -2.08. The van der Waals surface area contributed by atoms with Crippen LogP contribution in [0.2, 0.25) is 0 Å². The number of carbonyl (C=O) groups is 1. The predicted octanol–water partition coefficient (Wildman–Crippen LogP) is 2.09. The van der Waals surface area contributed by atoms with Gasteiger partial charge in [-0.2, -0.15) is 0 Å². The van der Waals surface area contributed by atoms with Crippen LogP contribution in [0.25, 0.3) is 0 Å². The van der Waals surface area contributed by atoms with Crippen molar-refractivity contribution in [2.24, 2.45) is 5.92 Å². The topological polar surface area (TPSA) is 46.5 Å². The molecule has 1 aromatic rings. The van der Waals surface area contributed by atoms with Crippen molar-refractivity contribution in [2.75, 3.05) is 0 Å². The fraction of sp³-hybridized carbons (Fsp3) is 0.385. The number of carbonyl (C=O) groups excluding carboxylic acids is 1. The summed E-state index contributed by atoms with van der Waals surface area (Å²) in [7, 11) is 0. The Bertz CT molecular complexity index is 387. The summed E-state index contributed by atoms with van der Waals surface area (Å²) in [6.45, 7) is 1.88. The Hall–Kier alpha value is -1.51. The molecule has 1 N–H and O–H groups in total. The maximum absolute atomic E-state index is 11.2. The lowest BCUT2D eigenvalue weighted by atomic mass is 10.0. The Morgan fingerprint density at radius 1 is 1.56 bits per heavy atom. The van der Waals surface area contributed by atoms with E-state index in [9.17, 15) is 9.90 Å². The molecule has 1 aliphatic rings. The molecule has 0 unspecified atom stereocenters. The van der Waals surface area contributed by atoms with Crippen molar-refractivity contribution in [3.63, 3.8) is 0 Å². The maximum atomic E-state index is 11.2. The van der Waals surface area contributed by atoms with Gasteiger partial charge in [0.05, 0.1) is 5.92 Å². The molecule has 0 aliphatic carbocycles. The van der Waals surface area contributed by atoms with Gasteiger partial charge in [0, 0.05) is 6.42 Å². The molecule has 2 rings (SSSR count). The van der Waals surface area contributed by atoms with Crippen molar-refractivity contribution in [3.05, 3.63) is 36.2 Å². The summed E-state index contributed by atoms with van der Waals surface area (Å²) in [5.41, 5.74) is 1.02. The summed E-state index contributed by atoms with van der Waals surface area (Å²) < 4.78 is 5.17. The highest BCUT2D eigenvalue weighted by atomic mass is 16.5. The van der Waals surface area contributed by atoms with Crippen LogP contribution in [0, 0.1) is 12.3 Å². The molecule has 3 nitrogen and oxygen atoms in total. The smallest absolute Gasteiger partial charge is 0.309 e. The van der Waals surface area contributed by atoms with Crippen LogP contribution < -0.4 is 0 Å². The second-order valence-electron chi connectivity index (χ2n) is 4.22. The average Bonchev–Trinajstić information content (AvgIpc) is 2.56. The number of phenolic OH excluding ortho intramolecular Hbond substituents is 1. The molecule has 1 aliphatic heterocycles. The predicted molar refractivity (Wildman–Crippen MR) is 59.8 cm³/mol. The molecule has 1 saturated heterocycles. The minimum absolute atomic E-state index is 0.00502. The van der Waals surface area contributed by atoms with Crippen molar-refractivity contribution < 1.29 is 14.6 Å². The highest BCUT2D eigenvalue weighted by molar-refractivity contribution is 5.74. The minimum atomic E-state index is -0.114. The summed E-state index contributed by atoms with van der Waals surface area (Å²) in [6.07, 6.45) is 3.37. The molecule has 0 bridgehead atoms. The van der Waals surface area contributed by atoms with E-state index in [2.05, 4.69) is 0 Å². The lowest BCUT2D eigenvalue weighted by molar-refractivity contribution is -0.143. The quantitative estimate of drug-likeness (QED) is 0.792. The zero-order valence-corrected chi connectivity index (χ0v) is 9.22. The van der Waals surface area contributed by atoms with E-state index in [0.717, 1.165) is 12.0 Å². The summed E-state index contributed by atoms with van der Waals surface area (Å²) in [4.78, 5) is 11.2. The Kier molecular flexibility index (Phi) is 3.13. The fourth-order valence-corrected chi connectivity index (χ4v) is 1.85. The van der Waals surface area contributed by atoms with E-state index in [1.165, 1.54) is 0 Å². The summed E-state index contributed by atoms with van der Waals surface area (Å²) in [5, 5.41) is 9.29. The molecule has 0 aromatic heterocycles. The zero-order valence-electron chi connectivity index (χ0n) is 9.22. The molecule has 0 amide bonds. The molecule has 16 heavy (non-hydrogen) atoms. The molecule has 1 heterocycles. The van der Waals surface area contributed by atoms with E-state index in [1.807, 2.05) is 25.5 Å². The summed E-state index contributed by atoms with van der Waals surface area (Å²) in [6, 6.07) is 7.11. The van der Waals surface area contributed by atoms with Gasteiger partial charge in [-0.05, 0) is 30.5 Å². The number of hydrogen-bond acceptors (Lipinski definition) is 3. The molecule has 85 valence electrons. The van der Waals surface area contributed by atoms with E-state index in [0.29, 0.717) is 6.42 Å². The van der Waals surface area contributed by atoms with Gasteiger partial charge in [-0.1, -0.05) is 19.1 Å². The first kappa shape index (κ1) is 11.0. The minimum Gasteiger partial charge on any atom is -0.508 e. The number of hydrogen-bond donors (Lipinski definition) is 1. The SMILES string of the molecule is C[C@@H]1C[C@H]([CH]Cc2cccc(O)c2)OC1=O. The van der Waals surface area contributed by atoms with Gasteiger partial charge in [0.25, 0.3) is 0 Å². The molecule has 2 atom stereocenters. The van der Waals surface area contributed by atoms with Crippen molar-refractivity contribution in [1.29, 1.82) is 0 Å². The van der Waals surface area contributed by atoms with Gasteiger partial charge in [0.1, 0.15) is 11.9 Å². The standard InChI is InChI=1S/C13H15O3/c1-9-7-12(16-13(9)15)6-5-10-3-2-4-11(14)8-10/h2-4,6,8-9,12,14H,5,7H2,1H3/t9-,12+/m1/s1. The van der Waals surface area contributed by atoms with Crippen LogP contribution in [-0.2, 0) is 16.0 Å². The third-order valence-electron chi connectivity index (χ3n) is 2.78. The highest BCUT2D eigenvalue weighted by Crippen LogP contribution is 2.23. The van der Waals surface area contributed by atoms with E-state index >= 15 is 0 Å². The Morgan fingerprint density at radius 3 is 3.00 bits per heavy atom. The van der Waals surface area contributed by atoms with Gasteiger partial charge < -0.3 is 9.84 Å². The molecule has 1 fully saturated rings. The number of aromatic hydroxyl groups is 1. The number of esters is 1. The molecule has 1 radical (unpaired) electrons. The molecular formula is C13H15O3. The van der Waals surface area contributed by atoms with Crippen LogP contribution in [0.4, 0.5) is 0 Å². The van der Waals surface area contributed by atoms with Crippen LogP contribution in [0.5, 0.6) is 5.75 Å². The first-order valence-electron chi connectivity index (χ1n) is 5.47. The maximum Gasteiger partial charge on any atom is 0.309 e. The summed E-state index contributed by atoms with van der Waals surface area (Å²) in [5.74, 6) is 0.158. The van der Waals surface area contributed by atoms with Crippen molar-refractivity contribution in [1.82, 2.24) is 0 Å². The largest absolute Gasteiger partial charge is 0.508 e. The van der Waals surface area contributed by atoms with Gasteiger partial charge in [-0.3, -0.25) is 4.79 Å². The van der Waals surface area contributed by atoms with Crippen LogP contribution in [0.1, 0.15) is 18.9 Å². The van der Waals surface area contributed by atoms with Crippen LogP contribution >= 0.6 is 0 Å². The van der Waals surface area contributed by atoms with Crippen LogP contribution in [-0.4, -0.2) is 17.2 Å². The zero-order chi connectivity index (χ0) is 11.5. The fourth-order valence-electron chi connectivity index (χ4n) is 1.85. The van der Waals surface area contributed by atoms with E-state index < -0.39 is 0 Å². The average molecular weight is 219 g/mol. The summed E-state index contributed by atoms with van der Waals surface area (Å²) >= 11 is 0. The second kappa shape index (κ2) is 4.56. The van der Waals surface area contributed by atoms with Gasteiger partial charge in [-0.25, -0.2) is 0 Å². The van der Waals surface area contributed by atoms with Crippen molar-refractivity contribution in [3.8, 4) is 5.75 Å².